The molecule has 70 valence electrons. The van der Waals surface area contributed by atoms with Crippen LogP contribution in [0.25, 0.3) is 0 Å². The Bertz CT molecular complexity index is 312. The first-order chi connectivity index (χ1) is 6.27. The van der Waals surface area contributed by atoms with Gasteiger partial charge in [0, 0.05) is 16.9 Å². The molecule has 0 aliphatic heterocycles. The van der Waals surface area contributed by atoms with Gasteiger partial charge in [-0.3, -0.25) is 4.79 Å². The van der Waals surface area contributed by atoms with Gasteiger partial charge in [-0.15, -0.1) is 11.3 Å². The van der Waals surface area contributed by atoms with Crippen LogP contribution in [0.2, 0.25) is 0 Å². The normalized spacial score (nSPS) is 17.9. The van der Waals surface area contributed by atoms with Gasteiger partial charge in [0.2, 0.25) is 0 Å². The molecule has 1 fully saturated rings. The van der Waals surface area contributed by atoms with E-state index in [1.807, 2.05) is 11.4 Å². The lowest BCUT2D eigenvalue weighted by atomic mass is 9.98. The molecule has 0 atom stereocenters. The number of hydrogen-bond acceptors (Lipinski definition) is 2. The predicted octanol–water partition coefficient (Wildman–Crippen LogP) is 3.73. The Balaban J connectivity index is 2.12. The summed E-state index contributed by atoms with van der Waals surface area (Å²) in [6, 6.07) is 2.01. The van der Waals surface area contributed by atoms with Crippen LogP contribution in [0, 0.1) is 8.80 Å². The lowest BCUT2D eigenvalue weighted by Crippen LogP contribution is -2.09. The van der Waals surface area contributed by atoms with Crippen LogP contribution >= 0.6 is 33.9 Å². The largest absolute Gasteiger partial charge is 0.294 e. The van der Waals surface area contributed by atoms with E-state index in [-0.39, 0.29) is 0 Å². The van der Waals surface area contributed by atoms with Crippen LogP contribution in [0.4, 0.5) is 0 Å². The van der Waals surface area contributed by atoms with Gasteiger partial charge >= 0.3 is 0 Å². The highest BCUT2D eigenvalue weighted by Crippen LogP contribution is 2.29. The van der Waals surface area contributed by atoms with E-state index in [1.165, 1.54) is 15.7 Å². The van der Waals surface area contributed by atoms with E-state index in [4.69, 9.17) is 0 Å². The molecule has 0 radical (unpaired) electrons. The Morgan fingerprint density at radius 1 is 1.46 bits per heavy atom. The van der Waals surface area contributed by atoms with Crippen molar-refractivity contribution >= 4 is 39.7 Å². The van der Waals surface area contributed by atoms with Gasteiger partial charge in [-0.1, -0.05) is 12.8 Å². The third-order valence-corrected chi connectivity index (χ3v) is 4.37. The average molecular weight is 306 g/mol. The fraction of sp³-hybridized carbons (Fsp3) is 0.500. The summed E-state index contributed by atoms with van der Waals surface area (Å²) in [5.41, 5.74) is 0.932. The predicted molar refractivity (Wildman–Crippen MR) is 63.3 cm³/mol. The molecule has 1 nitrogen and oxygen atoms in total. The fourth-order valence-electron chi connectivity index (χ4n) is 1.86. The minimum absolute atomic E-state index is 0.324. The van der Waals surface area contributed by atoms with Gasteiger partial charge in [0.05, 0.1) is 2.88 Å². The molecule has 0 spiro atoms. The minimum atomic E-state index is 0.324. The number of ketones is 1. The van der Waals surface area contributed by atoms with Gasteiger partial charge in [0.15, 0.2) is 5.78 Å². The van der Waals surface area contributed by atoms with Crippen molar-refractivity contribution in [3.63, 3.8) is 0 Å². The summed E-state index contributed by atoms with van der Waals surface area (Å²) in [5, 5.41) is 1.99. The Morgan fingerprint density at radius 3 is 2.69 bits per heavy atom. The van der Waals surface area contributed by atoms with Crippen molar-refractivity contribution in [2.75, 3.05) is 0 Å². The quantitative estimate of drug-likeness (QED) is 0.601. The monoisotopic (exact) mass is 306 g/mol. The zero-order chi connectivity index (χ0) is 9.26. The molecule has 1 aromatic heterocycles. The number of rotatable bonds is 2. The number of Topliss-reactive ketones (excluding diaryl/α,β-unsaturated/α-hetero) is 1. The van der Waals surface area contributed by atoms with Crippen molar-refractivity contribution in [1.82, 2.24) is 0 Å². The highest BCUT2D eigenvalue weighted by molar-refractivity contribution is 14.1. The van der Waals surface area contributed by atoms with E-state index in [0.717, 1.165) is 18.4 Å². The van der Waals surface area contributed by atoms with E-state index in [9.17, 15) is 4.79 Å². The van der Waals surface area contributed by atoms with Gasteiger partial charge < -0.3 is 0 Å². The van der Waals surface area contributed by atoms with E-state index < -0.39 is 0 Å². The summed E-state index contributed by atoms with van der Waals surface area (Å²) in [6.45, 7) is 0. The molecule has 3 heteroatoms. The summed E-state index contributed by atoms with van der Waals surface area (Å²) in [4.78, 5) is 11.9. The SMILES string of the molecule is O=C(c1csc(I)c1)C1CCCC1. The van der Waals surface area contributed by atoms with Gasteiger partial charge in [0.25, 0.3) is 0 Å². The van der Waals surface area contributed by atoms with Crippen LogP contribution in [-0.4, -0.2) is 5.78 Å². The maximum absolute atomic E-state index is 11.9. The van der Waals surface area contributed by atoms with Gasteiger partial charge in [-0.05, 0) is 41.5 Å². The smallest absolute Gasteiger partial charge is 0.166 e. The maximum atomic E-state index is 11.9. The molecule has 1 heterocycles. The van der Waals surface area contributed by atoms with Crippen molar-refractivity contribution < 1.29 is 4.79 Å². The average Bonchev–Trinajstić information content (AvgIpc) is 2.72. The number of thiophene rings is 1. The van der Waals surface area contributed by atoms with Crippen LogP contribution in [0.1, 0.15) is 36.0 Å². The number of carbonyl (C=O) groups excluding carboxylic acids is 1. The second-order valence-electron chi connectivity index (χ2n) is 3.49. The second-order valence-corrected chi connectivity index (χ2v) is 6.29. The topological polar surface area (TPSA) is 17.1 Å². The highest BCUT2D eigenvalue weighted by atomic mass is 127. The number of hydrogen-bond donors (Lipinski definition) is 0. The Morgan fingerprint density at radius 2 is 2.15 bits per heavy atom. The summed E-state index contributed by atoms with van der Waals surface area (Å²) in [5.74, 6) is 0.696. The third-order valence-electron chi connectivity index (χ3n) is 2.58. The highest BCUT2D eigenvalue weighted by Gasteiger charge is 2.24. The standard InChI is InChI=1S/C10H11IOS/c11-9-5-8(6-13-9)10(12)7-3-1-2-4-7/h5-7H,1-4H2. The molecule has 1 aliphatic rings. The van der Waals surface area contributed by atoms with Crippen LogP contribution in [-0.2, 0) is 0 Å². The summed E-state index contributed by atoms with van der Waals surface area (Å²) in [6.07, 6.45) is 4.67. The Labute approximate surface area is 95.7 Å². The van der Waals surface area contributed by atoms with Crippen molar-refractivity contribution in [2.24, 2.45) is 5.92 Å². The van der Waals surface area contributed by atoms with Gasteiger partial charge in [0.1, 0.15) is 0 Å². The summed E-state index contributed by atoms with van der Waals surface area (Å²) < 4.78 is 1.21. The molecule has 0 bridgehead atoms. The lowest BCUT2D eigenvalue weighted by Gasteiger charge is -2.04. The first kappa shape index (κ1) is 9.65. The molecule has 13 heavy (non-hydrogen) atoms. The van der Waals surface area contributed by atoms with E-state index in [0.29, 0.717) is 11.7 Å². The summed E-state index contributed by atoms with van der Waals surface area (Å²) >= 11 is 3.92. The van der Waals surface area contributed by atoms with E-state index >= 15 is 0 Å². The van der Waals surface area contributed by atoms with E-state index in [2.05, 4.69) is 22.6 Å². The van der Waals surface area contributed by atoms with Crippen molar-refractivity contribution in [1.29, 1.82) is 0 Å². The molecule has 0 N–H and O–H groups in total. The molecule has 0 saturated heterocycles. The van der Waals surface area contributed by atoms with Crippen LogP contribution in [0.5, 0.6) is 0 Å². The van der Waals surface area contributed by atoms with Crippen molar-refractivity contribution in [2.45, 2.75) is 25.7 Å². The molecule has 1 saturated carbocycles. The zero-order valence-electron chi connectivity index (χ0n) is 7.25. The molecule has 1 aromatic rings. The number of halogens is 1. The Hall–Kier alpha value is 0.1000. The van der Waals surface area contributed by atoms with Crippen LogP contribution in [0.3, 0.4) is 0 Å². The zero-order valence-corrected chi connectivity index (χ0v) is 10.2. The summed E-state index contributed by atoms with van der Waals surface area (Å²) in [7, 11) is 0. The van der Waals surface area contributed by atoms with Gasteiger partial charge in [-0.25, -0.2) is 0 Å². The first-order valence-electron chi connectivity index (χ1n) is 4.55. The molecule has 0 aromatic carbocycles. The van der Waals surface area contributed by atoms with Crippen LogP contribution < -0.4 is 0 Å². The van der Waals surface area contributed by atoms with Crippen LogP contribution in [0.15, 0.2) is 11.4 Å². The molecule has 1 aliphatic carbocycles. The third kappa shape index (κ3) is 2.13. The molecule has 0 unspecified atom stereocenters. The number of carbonyl (C=O) groups is 1. The molecular formula is C10H11IOS. The van der Waals surface area contributed by atoms with Gasteiger partial charge in [-0.2, -0.15) is 0 Å². The Kier molecular flexibility index (Phi) is 3.03. The first-order valence-corrected chi connectivity index (χ1v) is 6.51. The molecule has 0 amide bonds. The molecule has 2 rings (SSSR count). The second kappa shape index (κ2) is 4.09. The minimum Gasteiger partial charge on any atom is -0.294 e. The molecular weight excluding hydrogens is 295 g/mol. The lowest BCUT2D eigenvalue weighted by molar-refractivity contribution is 0.0923. The maximum Gasteiger partial charge on any atom is 0.166 e. The van der Waals surface area contributed by atoms with Crippen molar-refractivity contribution in [3.8, 4) is 0 Å². The van der Waals surface area contributed by atoms with Crippen molar-refractivity contribution in [3.05, 3.63) is 19.9 Å². The van der Waals surface area contributed by atoms with E-state index in [1.54, 1.807) is 11.3 Å². The fourth-order valence-corrected chi connectivity index (χ4v) is 3.20.